The second kappa shape index (κ2) is 8.24. The zero-order valence-electron chi connectivity index (χ0n) is 14.3. The first-order valence-corrected chi connectivity index (χ1v) is 9.43. The van der Waals surface area contributed by atoms with Gasteiger partial charge in [0.05, 0.1) is 13.2 Å². The summed E-state index contributed by atoms with van der Waals surface area (Å²) in [5.74, 6) is 2.12. The number of aldehydes is 1. The van der Waals surface area contributed by atoms with Gasteiger partial charge in [0, 0.05) is 5.02 Å². The predicted octanol–water partition coefficient (Wildman–Crippen LogP) is 5.32. The molecule has 0 saturated heterocycles. The maximum Gasteiger partial charge on any atom is 0.169 e. The number of halogens is 2. The fourth-order valence-electron chi connectivity index (χ4n) is 3.34. The van der Waals surface area contributed by atoms with Crippen LogP contribution in [-0.4, -0.2) is 22.4 Å². The Morgan fingerprint density at radius 3 is 2.72 bits per heavy atom. The summed E-state index contributed by atoms with van der Waals surface area (Å²) in [6.45, 7) is 3.01. The molecular weight excluding hydrogens is 359 g/mol. The lowest BCUT2D eigenvalue weighted by atomic mass is 9.90. The number of carbonyl (C=O) groups is 1. The smallest absolute Gasteiger partial charge is 0.169 e. The maximum absolute atomic E-state index is 11.2. The van der Waals surface area contributed by atoms with Gasteiger partial charge in [-0.1, -0.05) is 48.5 Å². The van der Waals surface area contributed by atoms with Crippen LogP contribution in [0.3, 0.4) is 0 Å². The number of aromatic nitrogens is 2. The number of rotatable bonds is 6. The molecule has 1 aliphatic rings. The molecule has 1 heterocycles. The van der Waals surface area contributed by atoms with E-state index in [9.17, 15) is 4.79 Å². The van der Waals surface area contributed by atoms with Crippen LogP contribution in [0.15, 0.2) is 18.2 Å². The molecule has 0 amide bonds. The van der Waals surface area contributed by atoms with Gasteiger partial charge in [0.1, 0.15) is 17.3 Å². The summed E-state index contributed by atoms with van der Waals surface area (Å²) in [5, 5.41) is 0.832. The van der Waals surface area contributed by atoms with Crippen molar-refractivity contribution in [3.63, 3.8) is 0 Å². The molecule has 2 aromatic rings. The number of imidazole rings is 1. The molecule has 6 heteroatoms. The van der Waals surface area contributed by atoms with Gasteiger partial charge in [-0.25, -0.2) is 4.98 Å². The Morgan fingerprint density at radius 1 is 1.28 bits per heavy atom. The van der Waals surface area contributed by atoms with E-state index in [2.05, 4.69) is 4.98 Å². The van der Waals surface area contributed by atoms with Crippen molar-refractivity contribution in [1.82, 2.24) is 9.55 Å². The Hall–Kier alpha value is -1.52. The number of hydrogen-bond acceptors (Lipinski definition) is 3. The average Bonchev–Trinajstić information content (AvgIpc) is 2.89. The van der Waals surface area contributed by atoms with Gasteiger partial charge in [0.2, 0.25) is 0 Å². The van der Waals surface area contributed by atoms with Crippen LogP contribution in [0.4, 0.5) is 0 Å². The highest BCUT2D eigenvalue weighted by molar-refractivity contribution is 6.32. The number of carbonyl (C=O) groups excluding carboxylic acids is 1. The normalized spacial score (nSPS) is 15.3. The van der Waals surface area contributed by atoms with E-state index in [1.54, 1.807) is 4.57 Å². The minimum atomic E-state index is 0.219. The molecule has 0 atom stereocenters. The Kier molecular flexibility index (Phi) is 6.02. The average molecular weight is 381 g/mol. The van der Waals surface area contributed by atoms with Crippen LogP contribution >= 0.6 is 23.2 Å². The topological polar surface area (TPSA) is 44.1 Å². The lowest BCUT2D eigenvalue weighted by Gasteiger charge is -2.21. The van der Waals surface area contributed by atoms with Gasteiger partial charge in [0.15, 0.2) is 11.4 Å². The van der Waals surface area contributed by atoms with Crippen LogP contribution in [0.1, 0.15) is 54.0 Å². The Bertz CT molecular complexity index is 752. The number of nitrogens with zero attached hydrogens (tertiary/aromatic N) is 2. The SMILES string of the molecule is Cc1nc(Cl)c(C=O)n1Cc1ccc(OCC2CCCCC2)cc1Cl. The molecule has 1 aromatic carbocycles. The lowest BCUT2D eigenvalue weighted by Crippen LogP contribution is -2.15. The van der Waals surface area contributed by atoms with Gasteiger partial charge in [-0.05, 0) is 43.4 Å². The summed E-state index contributed by atoms with van der Waals surface area (Å²) in [6.07, 6.45) is 7.18. The first-order chi connectivity index (χ1) is 12.1. The molecule has 1 aromatic heterocycles. The summed E-state index contributed by atoms with van der Waals surface area (Å²) in [6, 6.07) is 5.70. The third kappa shape index (κ3) is 4.36. The molecule has 0 aliphatic heterocycles. The van der Waals surface area contributed by atoms with Gasteiger partial charge >= 0.3 is 0 Å². The molecular formula is C19H22Cl2N2O2. The van der Waals surface area contributed by atoms with Crippen LogP contribution in [0, 0.1) is 12.8 Å². The van der Waals surface area contributed by atoms with Gasteiger partial charge in [0.25, 0.3) is 0 Å². The Morgan fingerprint density at radius 2 is 2.04 bits per heavy atom. The van der Waals surface area contributed by atoms with E-state index in [1.165, 1.54) is 32.1 Å². The van der Waals surface area contributed by atoms with Crippen molar-refractivity contribution in [1.29, 1.82) is 0 Å². The van der Waals surface area contributed by atoms with E-state index in [-0.39, 0.29) is 5.15 Å². The highest BCUT2D eigenvalue weighted by Crippen LogP contribution is 2.28. The standard InChI is InChI=1S/C19H22Cl2N2O2/c1-13-22-19(21)18(11-24)23(13)10-15-7-8-16(9-17(15)20)25-12-14-5-3-2-4-6-14/h7-9,11,14H,2-6,10,12H2,1H3. The number of benzene rings is 1. The number of ether oxygens (including phenoxy) is 1. The largest absolute Gasteiger partial charge is 0.493 e. The van der Waals surface area contributed by atoms with Gasteiger partial charge in [-0.2, -0.15) is 0 Å². The molecule has 0 bridgehead atoms. The Balaban J connectivity index is 1.68. The zero-order valence-corrected chi connectivity index (χ0v) is 15.8. The second-order valence-electron chi connectivity index (χ2n) is 6.61. The summed E-state index contributed by atoms with van der Waals surface area (Å²) >= 11 is 12.4. The van der Waals surface area contributed by atoms with Crippen molar-refractivity contribution in [3.05, 3.63) is 45.5 Å². The van der Waals surface area contributed by atoms with Crippen LogP contribution in [0.25, 0.3) is 0 Å². The highest BCUT2D eigenvalue weighted by atomic mass is 35.5. The predicted molar refractivity (Wildman–Crippen MR) is 100.0 cm³/mol. The first kappa shape index (κ1) is 18.3. The third-order valence-electron chi connectivity index (χ3n) is 4.83. The third-order valence-corrected chi connectivity index (χ3v) is 5.46. The molecule has 0 N–H and O–H groups in total. The van der Waals surface area contributed by atoms with E-state index in [0.29, 0.717) is 29.0 Å². The van der Waals surface area contributed by atoms with E-state index >= 15 is 0 Å². The molecule has 1 saturated carbocycles. The molecule has 0 unspecified atom stereocenters. The monoisotopic (exact) mass is 380 g/mol. The van der Waals surface area contributed by atoms with Crippen LogP contribution in [-0.2, 0) is 6.54 Å². The van der Waals surface area contributed by atoms with E-state index in [1.807, 2.05) is 25.1 Å². The summed E-state index contributed by atoms with van der Waals surface area (Å²) in [7, 11) is 0. The van der Waals surface area contributed by atoms with Crippen molar-refractivity contribution in [2.75, 3.05) is 6.61 Å². The van der Waals surface area contributed by atoms with E-state index in [0.717, 1.165) is 24.2 Å². The minimum absolute atomic E-state index is 0.219. The number of hydrogen-bond donors (Lipinski definition) is 0. The van der Waals surface area contributed by atoms with Crippen LogP contribution < -0.4 is 4.74 Å². The minimum Gasteiger partial charge on any atom is -0.493 e. The van der Waals surface area contributed by atoms with Crippen LogP contribution in [0.2, 0.25) is 10.2 Å². The van der Waals surface area contributed by atoms with Crippen molar-refractivity contribution in [3.8, 4) is 5.75 Å². The fraction of sp³-hybridized carbons (Fsp3) is 0.474. The number of aryl methyl sites for hydroxylation is 1. The van der Waals surface area contributed by atoms with Crippen molar-refractivity contribution < 1.29 is 9.53 Å². The van der Waals surface area contributed by atoms with Crippen molar-refractivity contribution in [2.24, 2.45) is 5.92 Å². The Labute approximate surface area is 158 Å². The van der Waals surface area contributed by atoms with Gasteiger partial charge in [-0.3, -0.25) is 4.79 Å². The van der Waals surface area contributed by atoms with Gasteiger partial charge < -0.3 is 9.30 Å². The molecule has 4 nitrogen and oxygen atoms in total. The van der Waals surface area contributed by atoms with Gasteiger partial charge in [-0.15, -0.1) is 0 Å². The molecule has 0 spiro atoms. The molecule has 1 fully saturated rings. The fourth-order valence-corrected chi connectivity index (χ4v) is 3.84. The summed E-state index contributed by atoms with van der Waals surface area (Å²) < 4.78 is 7.69. The zero-order chi connectivity index (χ0) is 17.8. The lowest BCUT2D eigenvalue weighted by molar-refractivity contribution is 0.111. The van der Waals surface area contributed by atoms with E-state index < -0.39 is 0 Å². The highest BCUT2D eigenvalue weighted by Gasteiger charge is 2.16. The van der Waals surface area contributed by atoms with Crippen LogP contribution in [0.5, 0.6) is 5.75 Å². The molecule has 0 radical (unpaired) electrons. The first-order valence-electron chi connectivity index (χ1n) is 8.67. The second-order valence-corrected chi connectivity index (χ2v) is 7.37. The molecule has 25 heavy (non-hydrogen) atoms. The van der Waals surface area contributed by atoms with Crippen molar-refractivity contribution >= 4 is 29.5 Å². The van der Waals surface area contributed by atoms with E-state index in [4.69, 9.17) is 27.9 Å². The summed E-state index contributed by atoms with van der Waals surface area (Å²) in [4.78, 5) is 15.4. The maximum atomic E-state index is 11.2. The quantitative estimate of drug-likeness (QED) is 0.637. The summed E-state index contributed by atoms with van der Waals surface area (Å²) in [5.41, 5.74) is 1.26. The molecule has 3 rings (SSSR count). The van der Waals surface area contributed by atoms with Crippen molar-refractivity contribution in [2.45, 2.75) is 45.6 Å². The molecule has 1 aliphatic carbocycles. The molecule has 134 valence electrons.